The molecule has 1 saturated heterocycles. The van der Waals surface area contributed by atoms with Gasteiger partial charge in [0, 0.05) is 19.5 Å². The average Bonchev–Trinajstić information content (AvgIpc) is 2.28. The summed E-state index contributed by atoms with van der Waals surface area (Å²) in [5.41, 5.74) is 5.39. The third kappa shape index (κ3) is 4.10. The zero-order valence-corrected chi connectivity index (χ0v) is 10.2. The van der Waals surface area contributed by atoms with Crippen molar-refractivity contribution in [2.45, 2.75) is 45.1 Å². The van der Waals surface area contributed by atoms with Gasteiger partial charge in [-0.2, -0.15) is 0 Å². The van der Waals surface area contributed by atoms with Crippen LogP contribution in [0.25, 0.3) is 0 Å². The molecule has 3 N–H and O–H groups in total. The maximum atomic E-state index is 11.8. The van der Waals surface area contributed by atoms with E-state index < -0.39 is 0 Å². The first-order valence-corrected chi connectivity index (χ1v) is 6.31. The molecule has 0 aliphatic carbocycles. The molecule has 1 amide bonds. The van der Waals surface area contributed by atoms with E-state index in [1.165, 1.54) is 0 Å². The van der Waals surface area contributed by atoms with Crippen molar-refractivity contribution in [3.05, 3.63) is 0 Å². The highest BCUT2D eigenvalue weighted by Gasteiger charge is 2.26. The average molecular weight is 228 g/mol. The van der Waals surface area contributed by atoms with Crippen molar-refractivity contribution in [1.29, 1.82) is 0 Å². The molecule has 1 rings (SSSR count). The van der Waals surface area contributed by atoms with Gasteiger partial charge in [-0.05, 0) is 31.7 Å². The molecule has 0 bridgehead atoms. The first-order chi connectivity index (χ1) is 7.65. The quantitative estimate of drug-likeness (QED) is 0.682. The summed E-state index contributed by atoms with van der Waals surface area (Å²) in [6.45, 7) is 4.05. The Hall–Kier alpha value is -0.610. The zero-order valence-electron chi connectivity index (χ0n) is 10.2. The number of aliphatic hydroxyl groups is 1. The summed E-state index contributed by atoms with van der Waals surface area (Å²) >= 11 is 0. The van der Waals surface area contributed by atoms with Crippen LogP contribution in [-0.2, 0) is 4.79 Å². The second-order valence-electron chi connectivity index (χ2n) is 4.77. The van der Waals surface area contributed by atoms with Crippen LogP contribution in [0.5, 0.6) is 0 Å². The summed E-state index contributed by atoms with van der Waals surface area (Å²) in [7, 11) is 0. The molecule has 1 heterocycles. The topological polar surface area (TPSA) is 66.6 Å². The minimum Gasteiger partial charge on any atom is -0.391 e. The lowest BCUT2D eigenvalue weighted by atomic mass is 9.96. The second-order valence-corrected chi connectivity index (χ2v) is 4.77. The van der Waals surface area contributed by atoms with Crippen LogP contribution in [0.3, 0.4) is 0 Å². The number of amides is 1. The van der Waals surface area contributed by atoms with Gasteiger partial charge in [0.25, 0.3) is 0 Å². The number of hydrogen-bond acceptors (Lipinski definition) is 3. The summed E-state index contributed by atoms with van der Waals surface area (Å²) in [5, 5.41) is 9.70. The maximum absolute atomic E-state index is 11.8. The largest absolute Gasteiger partial charge is 0.391 e. The smallest absolute Gasteiger partial charge is 0.222 e. The molecule has 1 aliphatic heterocycles. The van der Waals surface area contributed by atoms with E-state index in [4.69, 9.17) is 5.73 Å². The molecule has 4 nitrogen and oxygen atoms in total. The normalized spacial score (nSPS) is 25.8. The molecule has 2 unspecified atom stereocenters. The number of rotatable bonds is 5. The number of aliphatic hydroxyl groups excluding tert-OH is 1. The number of hydrogen-bond donors (Lipinski definition) is 2. The molecule has 1 fully saturated rings. The highest BCUT2D eigenvalue weighted by atomic mass is 16.3. The van der Waals surface area contributed by atoms with Crippen molar-refractivity contribution >= 4 is 5.91 Å². The van der Waals surface area contributed by atoms with Gasteiger partial charge < -0.3 is 15.7 Å². The van der Waals surface area contributed by atoms with Crippen LogP contribution >= 0.6 is 0 Å². The van der Waals surface area contributed by atoms with E-state index in [0.29, 0.717) is 25.4 Å². The Kier molecular flexibility index (Phi) is 5.77. The molecule has 1 aliphatic rings. The van der Waals surface area contributed by atoms with E-state index in [1.54, 1.807) is 4.90 Å². The van der Waals surface area contributed by atoms with E-state index >= 15 is 0 Å². The molecule has 2 atom stereocenters. The van der Waals surface area contributed by atoms with Crippen molar-refractivity contribution in [1.82, 2.24) is 4.90 Å². The van der Waals surface area contributed by atoms with Gasteiger partial charge in [0.15, 0.2) is 0 Å². The van der Waals surface area contributed by atoms with Crippen LogP contribution in [0.1, 0.15) is 39.0 Å². The van der Waals surface area contributed by atoms with E-state index in [1.807, 2.05) is 6.92 Å². The highest BCUT2D eigenvalue weighted by Crippen LogP contribution is 2.18. The van der Waals surface area contributed by atoms with Crippen molar-refractivity contribution in [2.24, 2.45) is 11.7 Å². The maximum Gasteiger partial charge on any atom is 0.222 e. The number of β-amino-alcohol motifs (C(OH)–C–C–N with tert-alkyl or cyclic N) is 1. The predicted molar refractivity (Wildman–Crippen MR) is 63.9 cm³/mol. The molecular formula is C12H24N2O2. The van der Waals surface area contributed by atoms with Crippen molar-refractivity contribution in [3.8, 4) is 0 Å². The second kappa shape index (κ2) is 6.86. The summed E-state index contributed by atoms with van der Waals surface area (Å²) in [6, 6.07) is 0. The number of carbonyl (C=O) groups is 1. The lowest BCUT2D eigenvalue weighted by Gasteiger charge is -2.34. The highest BCUT2D eigenvalue weighted by molar-refractivity contribution is 5.76. The number of nitrogens with two attached hydrogens (primary N) is 1. The standard InChI is InChI=1S/C12H24N2O2/c1-10-6-8-14(9-11(10)15)12(16)5-3-2-4-7-13/h10-11,15H,2-9,13H2,1H3. The fraction of sp³-hybridized carbons (Fsp3) is 0.917. The van der Waals surface area contributed by atoms with Crippen LogP contribution in [0.2, 0.25) is 0 Å². The van der Waals surface area contributed by atoms with Gasteiger partial charge in [0.2, 0.25) is 5.91 Å². The summed E-state index contributed by atoms with van der Waals surface area (Å²) in [6.07, 6.45) is 4.10. The first-order valence-electron chi connectivity index (χ1n) is 6.31. The predicted octanol–water partition coefficient (Wildman–Crippen LogP) is 0.735. The molecule has 0 aromatic rings. The molecule has 0 saturated carbocycles. The number of nitrogens with zero attached hydrogens (tertiary/aromatic N) is 1. The van der Waals surface area contributed by atoms with Crippen molar-refractivity contribution in [3.63, 3.8) is 0 Å². The Morgan fingerprint density at radius 2 is 2.19 bits per heavy atom. The van der Waals surface area contributed by atoms with Gasteiger partial charge in [-0.15, -0.1) is 0 Å². The number of unbranched alkanes of at least 4 members (excludes halogenated alkanes) is 2. The Balaban J connectivity index is 2.21. The fourth-order valence-corrected chi connectivity index (χ4v) is 2.03. The van der Waals surface area contributed by atoms with Crippen LogP contribution in [0, 0.1) is 5.92 Å². The number of carbonyl (C=O) groups excluding carboxylic acids is 1. The summed E-state index contributed by atoms with van der Waals surface area (Å²) in [5.74, 6) is 0.504. The summed E-state index contributed by atoms with van der Waals surface area (Å²) < 4.78 is 0. The van der Waals surface area contributed by atoms with Gasteiger partial charge in [0.1, 0.15) is 0 Å². The van der Waals surface area contributed by atoms with Gasteiger partial charge in [-0.3, -0.25) is 4.79 Å². The Morgan fingerprint density at radius 1 is 1.44 bits per heavy atom. The summed E-state index contributed by atoms with van der Waals surface area (Å²) in [4.78, 5) is 13.6. The molecular weight excluding hydrogens is 204 g/mol. The molecule has 16 heavy (non-hydrogen) atoms. The van der Waals surface area contributed by atoms with Crippen LogP contribution in [0.15, 0.2) is 0 Å². The molecule has 4 heteroatoms. The van der Waals surface area contributed by atoms with Gasteiger partial charge in [0.05, 0.1) is 6.10 Å². The first kappa shape index (κ1) is 13.5. The van der Waals surface area contributed by atoms with Crippen LogP contribution in [-0.4, -0.2) is 41.7 Å². The minimum absolute atomic E-state index is 0.183. The van der Waals surface area contributed by atoms with E-state index in [2.05, 4.69) is 0 Å². The zero-order chi connectivity index (χ0) is 12.0. The Labute approximate surface area is 97.8 Å². The SMILES string of the molecule is CC1CCN(C(=O)CCCCCN)CC1O. The third-order valence-corrected chi connectivity index (χ3v) is 3.37. The minimum atomic E-state index is -0.346. The fourth-order valence-electron chi connectivity index (χ4n) is 2.03. The molecule has 94 valence electrons. The van der Waals surface area contributed by atoms with Crippen LogP contribution in [0.4, 0.5) is 0 Å². The monoisotopic (exact) mass is 228 g/mol. The van der Waals surface area contributed by atoms with E-state index in [9.17, 15) is 9.90 Å². The Bertz CT molecular complexity index is 221. The lowest BCUT2D eigenvalue weighted by Crippen LogP contribution is -2.45. The van der Waals surface area contributed by atoms with Gasteiger partial charge in [-0.25, -0.2) is 0 Å². The van der Waals surface area contributed by atoms with E-state index in [-0.39, 0.29) is 12.0 Å². The third-order valence-electron chi connectivity index (χ3n) is 3.37. The number of piperidine rings is 1. The molecule has 0 spiro atoms. The van der Waals surface area contributed by atoms with Crippen molar-refractivity contribution < 1.29 is 9.90 Å². The van der Waals surface area contributed by atoms with Crippen LogP contribution < -0.4 is 5.73 Å². The number of likely N-dealkylation sites (tertiary alicyclic amines) is 1. The molecule has 0 radical (unpaired) electrons. The van der Waals surface area contributed by atoms with Crippen molar-refractivity contribution in [2.75, 3.05) is 19.6 Å². The van der Waals surface area contributed by atoms with Gasteiger partial charge in [-0.1, -0.05) is 13.3 Å². The lowest BCUT2D eigenvalue weighted by molar-refractivity contribution is -0.135. The molecule has 0 aromatic carbocycles. The van der Waals surface area contributed by atoms with E-state index in [0.717, 1.165) is 32.2 Å². The van der Waals surface area contributed by atoms with Gasteiger partial charge >= 0.3 is 0 Å². The molecule has 0 aromatic heterocycles. The Morgan fingerprint density at radius 3 is 2.81 bits per heavy atom.